The number of rotatable bonds is 4. The molecule has 0 radical (unpaired) electrons. The van der Waals surface area contributed by atoms with E-state index in [2.05, 4.69) is 51.3 Å². The van der Waals surface area contributed by atoms with E-state index in [0.717, 1.165) is 12.5 Å². The summed E-state index contributed by atoms with van der Waals surface area (Å²) in [6.07, 6.45) is 5.26. The summed E-state index contributed by atoms with van der Waals surface area (Å²) in [5.74, 6) is 0.836. The Morgan fingerprint density at radius 3 is 3.00 bits per heavy atom. The summed E-state index contributed by atoms with van der Waals surface area (Å²) < 4.78 is 1.22. The highest BCUT2D eigenvalue weighted by molar-refractivity contribution is 9.10. The number of fused-ring (bicyclic) bond motifs is 1. The molecule has 1 fully saturated rings. The van der Waals surface area contributed by atoms with Crippen molar-refractivity contribution in [2.24, 2.45) is 5.92 Å². The van der Waals surface area contributed by atoms with E-state index in [-0.39, 0.29) is 0 Å². The van der Waals surface area contributed by atoms with Crippen molar-refractivity contribution in [3.05, 3.63) is 33.8 Å². The van der Waals surface area contributed by atoms with Crippen LogP contribution in [0.15, 0.2) is 22.7 Å². The molecule has 3 rings (SSSR count). The van der Waals surface area contributed by atoms with Crippen LogP contribution < -0.4 is 5.32 Å². The van der Waals surface area contributed by atoms with Gasteiger partial charge in [-0.2, -0.15) is 0 Å². The van der Waals surface area contributed by atoms with Gasteiger partial charge in [-0.15, -0.1) is 0 Å². The lowest BCUT2D eigenvalue weighted by Crippen LogP contribution is -2.39. The predicted molar refractivity (Wildman–Crippen MR) is 88.0 cm³/mol. The standard InChI is InChI=1S/C17H25BrN2/c1-2-20(12-13-4-3-9-19-11-13)17-8-5-14-10-15(18)6-7-16(14)17/h6-7,10,13,17,19H,2-5,8-9,11-12H2,1H3. The fourth-order valence-electron chi connectivity index (χ4n) is 3.83. The van der Waals surface area contributed by atoms with Gasteiger partial charge in [0.1, 0.15) is 0 Å². The summed E-state index contributed by atoms with van der Waals surface area (Å²) in [7, 11) is 0. The van der Waals surface area contributed by atoms with Gasteiger partial charge in [-0.3, -0.25) is 4.90 Å². The minimum atomic E-state index is 0.644. The molecule has 1 aromatic carbocycles. The summed E-state index contributed by atoms with van der Waals surface area (Å²) in [5.41, 5.74) is 3.11. The Hall–Kier alpha value is -0.380. The number of piperidine rings is 1. The van der Waals surface area contributed by atoms with Crippen LogP contribution in [0.1, 0.15) is 43.4 Å². The van der Waals surface area contributed by atoms with E-state index in [4.69, 9.17) is 0 Å². The molecule has 1 aliphatic heterocycles. The normalized spacial score (nSPS) is 25.9. The van der Waals surface area contributed by atoms with Crippen molar-refractivity contribution in [2.45, 2.75) is 38.6 Å². The van der Waals surface area contributed by atoms with Crippen molar-refractivity contribution in [1.82, 2.24) is 10.2 Å². The van der Waals surface area contributed by atoms with Gasteiger partial charge in [0.25, 0.3) is 0 Å². The fraction of sp³-hybridized carbons (Fsp3) is 0.647. The van der Waals surface area contributed by atoms with Gasteiger partial charge in [0.15, 0.2) is 0 Å². The van der Waals surface area contributed by atoms with Gasteiger partial charge in [-0.05, 0) is 74.5 Å². The third-order valence-electron chi connectivity index (χ3n) is 4.89. The Kier molecular flexibility index (Phi) is 4.79. The van der Waals surface area contributed by atoms with E-state index >= 15 is 0 Å². The maximum Gasteiger partial charge on any atom is 0.0354 e. The first-order valence-electron chi connectivity index (χ1n) is 8.01. The van der Waals surface area contributed by atoms with Gasteiger partial charge >= 0.3 is 0 Å². The number of hydrogen-bond donors (Lipinski definition) is 1. The molecule has 2 atom stereocenters. The number of aryl methyl sites for hydroxylation is 1. The van der Waals surface area contributed by atoms with Gasteiger partial charge in [0, 0.05) is 17.1 Å². The lowest BCUT2D eigenvalue weighted by Gasteiger charge is -2.33. The zero-order chi connectivity index (χ0) is 13.9. The van der Waals surface area contributed by atoms with Gasteiger partial charge in [0.2, 0.25) is 0 Å². The zero-order valence-electron chi connectivity index (χ0n) is 12.4. The van der Waals surface area contributed by atoms with Crippen LogP contribution >= 0.6 is 15.9 Å². The molecule has 2 aliphatic rings. The highest BCUT2D eigenvalue weighted by atomic mass is 79.9. The van der Waals surface area contributed by atoms with E-state index in [1.807, 2.05) is 0 Å². The van der Waals surface area contributed by atoms with Crippen LogP contribution in [0, 0.1) is 5.92 Å². The zero-order valence-corrected chi connectivity index (χ0v) is 14.0. The summed E-state index contributed by atoms with van der Waals surface area (Å²) >= 11 is 3.60. The number of hydrogen-bond acceptors (Lipinski definition) is 2. The molecule has 1 aliphatic carbocycles. The predicted octanol–water partition coefficient (Wildman–Crippen LogP) is 3.76. The van der Waals surface area contributed by atoms with E-state index < -0.39 is 0 Å². The quantitative estimate of drug-likeness (QED) is 0.900. The second kappa shape index (κ2) is 6.59. The van der Waals surface area contributed by atoms with E-state index in [1.54, 1.807) is 11.1 Å². The largest absolute Gasteiger partial charge is 0.316 e. The Bertz CT molecular complexity index is 454. The Labute approximate surface area is 131 Å². The van der Waals surface area contributed by atoms with E-state index in [9.17, 15) is 0 Å². The van der Waals surface area contributed by atoms with Crippen LogP contribution in [0.5, 0.6) is 0 Å². The third kappa shape index (κ3) is 3.10. The molecular formula is C17H25BrN2. The summed E-state index contributed by atoms with van der Waals surface area (Å²) in [6.45, 7) is 7.15. The fourth-order valence-corrected chi connectivity index (χ4v) is 4.24. The molecule has 2 nitrogen and oxygen atoms in total. The minimum absolute atomic E-state index is 0.644. The molecular weight excluding hydrogens is 312 g/mol. The molecule has 1 N–H and O–H groups in total. The monoisotopic (exact) mass is 336 g/mol. The van der Waals surface area contributed by atoms with Crippen molar-refractivity contribution in [1.29, 1.82) is 0 Å². The van der Waals surface area contributed by atoms with E-state index in [0.29, 0.717) is 6.04 Å². The van der Waals surface area contributed by atoms with Crippen molar-refractivity contribution in [2.75, 3.05) is 26.2 Å². The molecule has 1 heterocycles. The van der Waals surface area contributed by atoms with Crippen molar-refractivity contribution in [3.8, 4) is 0 Å². The summed E-state index contributed by atoms with van der Waals surface area (Å²) in [4.78, 5) is 2.71. The second-order valence-corrected chi connectivity index (χ2v) is 7.11. The first kappa shape index (κ1) is 14.6. The average Bonchev–Trinajstić information content (AvgIpc) is 2.88. The molecule has 1 saturated heterocycles. The Morgan fingerprint density at radius 2 is 2.25 bits per heavy atom. The molecule has 20 heavy (non-hydrogen) atoms. The molecule has 0 spiro atoms. The van der Waals surface area contributed by atoms with Crippen LogP contribution in [-0.2, 0) is 6.42 Å². The van der Waals surface area contributed by atoms with Crippen LogP contribution in [0.25, 0.3) is 0 Å². The lowest BCUT2D eigenvalue weighted by atomic mass is 9.97. The molecule has 1 aromatic rings. The SMILES string of the molecule is CCN(CC1CCCNC1)C1CCc2cc(Br)ccc21. The molecule has 110 valence electrons. The van der Waals surface area contributed by atoms with Crippen LogP contribution in [-0.4, -0.2) is 31.1 Å². The van der Waals surface area contributed by atoms with E-state index in [1.165, 1.54) is 49.8 Å². The number of benzene rings is 1. The second-order valence-electron chi connectivity index (χ2n) is 6.20. The minimum Gasteiger partial charge on any atom is -0.316 e. The van der Waals surface area contributed by atoms with Crippen molar-refractivity contribution in [3.63, 3.8) is 0 Å². The topological polar surface area (TPSA) is 15.3 Å². The molecule has 0 aromatic heterocycles. The number of nitrogens with zero attached hydrogens (tertiary/aromatic N) is 1. The average molecular weight is 337 g/mol. The molecule has 0 saturated carbocycles. The number of nitrogens with one attached hydrogen (secondary N) is 1. The van der Waals surface area contributed by atoms with Crippen LogP contribution in [0.3, 0.4) is 0 Å². The molecule has 0 bridgehead atoms. The first-order valence-corrected chi connectivity index (χ1v) is 8.80. The van der Waals surface area contributed by atoms with Gasteiger partial charge in [-0.1, -0.05) is 28.9 Å². The summed E-state index contributed by atoms with van der Waals surface area (Å²) in [6, 6.07) is 7.49. The van der Waals surface area contributed by atoms with Crippen LogP contribution in [0.2, 0.25) is 0 Å². The smallest absolute Gasteiger partial charge is 0.0354 e. The first-order chi connectivity index (χ1) is 9.78. The van der Waals surface area contributed by atoms with Gasteiger partial charge < -0.3 is 5.32 Å². The van der Waals surface area contributed by atoms with Gasteiger partial charge in [0.05, 0.1) is 0 Å². The highest BCUT2D eigenvalue weighted by Gasteiger charge is 2.28. The molecule has 2 unspecified atom stereocenters. The lowest BCUT2D eigenvalue weighted by molar-refractivity contribution is 0.161. The molecule has 3 heteroatoms. The van der Waals surface area contributed by atoms with Gasteiger partial charge in [-0.25, -0.2) is 0 Å². The third-order valence-corrected chi connectivity index (χ3v) is 5.38. The molecule has 0 amide bonds. The maximum absolute atomic E-state index is 3.60. The Balaban J connectivity index is 1.71. The Morgan fingerprint density at radius 1 is 1.35 bits per heavy atom. The summed E-state index contributed by atoms with van der Waals surface area (Å²) in [5, 5.41) is 3.55. The van der Waals surface area contributed by atoms with Crippen molar-refractivity contribution < 1.29 is 0 Å². The van der Waals surface area contributed by atoms with Crippen molar-refractivity contribution >= 4 is 15.9 Å². The maximum atomic E-state index is 3.60. The highest BCUT2D eigenvalue weighted by Crippen LogP contribution is 2.37. The number of halogens is 1. The van der Waals surface area contributed by atoms with Crippen LogP contribution in [0.4, 0.5) is 0 Å².